The van der Waals surface area contributed by atoms with Gasteiger partial charge in [0.1, 0.15) is 5.75 Å². The van der Waals surface area contributed by atoms with Gasteiger partial charge in [-0.25, -0.2) is 4.79 Å². The van der Waals surface area contributed by atoms with Gasteiger partial charge in [-0.3, -0.25) is 0 Å². The summed E-state index contributed by atoms with van der Waals surface area (Å²) in [5, 5.41) is 8.99. The zero-order valence-corrected chi connectivity index (χ0v) is 9.72. The smallest absolute Gasteiger partial charge is 0.335 e. The summed E-state index contributed by atoms with van der Waals surface area (Å²) in [5.41, 5.74) is 3.45. The zero-order valence-electron chi connectivity index (χ0n) is 9.72. The number of benzene rings is 2. The molecule has 0 radical (unpaired) electrons. The zero-order chi connectivity index (χ0) is 12.5. The van der Waals surface area contributed by atoms with Crippen LogP contribution in [0.25, 0.3) is 11.1 Å². The first-order valence-electron chi connectivity index (χ1n) is 5.83. The molecule has 1 heterocycles. The van der Waals surface area contributed by atoms with E-state index in [4.69, 9.17) is 9.84 Å². The Kier molecular flexibility index (Phi) is 2.52. The van der Waals surface area contributed by atoms with E-state index in [0.29, 0.717) is 5.56 Å². The molecule has 0 atom stereocenters. The van der Waals surface area contributed by atoms with Gasteiger partial charge in [0.05, 0.1) is 12.2 Å². The maximum absolute atomic E-state index is 11.0. The van der Waals surface area contributed by atoms with Crippen molar-refractivity contribution in [1.29, 1.82) is 0 Å². The van der Waals surface area contributed by atoms with E-state index in [1.165, 1.54) is 5.56 Å². The van der Waals surface area contributed by atoms with Gasteiger partial charge in [0, 0.05) is 6.42 Å². The van der Waals surface area contributed by atoms with E-state index in [2.05, 4.69) is 6.07 Å². The molecule has 1 N–H and O–H groups in total. The highest BCUT2D eigenvalue weighted by atomic mass is 16.5. The van der Waals surface area contributed by atoms with Gasteiger partial charge in [-0.2, -0.15) is 0 Å². The number of rotatable bonds is 2. The van der Waals surface area contributed by atoms with Gasteiger partial charge in [0.25, 0.3) is 0 Å². The standard InChI is InChI=1S/C15H12O3/c16-15(17)13-3-1-2-10(9-13)11-4-5-14-12(8-11)6-7-18-14/h1-5,8-9H,6-7H2,(H,16,17). The Labute approximate surface area is 105 Å². The molecule has 1 aliphatic rings. The lowest BCUT2D eigenvalue weighted by atomic mass is 10.0. The van der Waals surface area contributed by atoms with Gasteiger partial charge >= 0.3 is 5.97 Å². The van der Waals surface area contributed by atoms with Crippen LogP contribution < -0.4 is 4.74 Å². The second-order valence-electron chi connectivity index (χ2n) is 4.31. The third kappa shape index (κ3) is 1.84. The molecule has 0 bridgehead atoms. The van der Waals surface area contributed by atoms with Crippen molar-refractivity contribution in [3.63, 3.8) is 0 Å². The number of fused-ring (bicyclic) bond motifs is 1. The fourth-order valence-electron chi connectivity index (χ4n) is 2.20. The van der Waals surface area contributed by atoms with E-state index in [-0.39, 0.29) is 0 Å². The molecule has 0 aliphatic carbocycles. The van der Waals surface area contributed by atoms with Gasteiger partial charge in [-0.1, -0.05) is 18.2 Å². The van der Waals surface area contributed by atoms with E-state index in [1.54, 1.807) is 18.2 Å². The summed E-state index contributed by atoms with van der Waals surface area (Å²) < 4.78 is 5.46. The molecule has 3 heteroatoms. The summed E-state index contributed by atoms with van der Waals surface area (Å²) in [5.74, 6) is 0.0366. The van der Waals surface area contributed by atoms with E-state index < -0.39 is 5.97 Å². The molecule has 90 valence electrons. The van der Waals surface area contributed by atoms with E-state index in [9.17, 15) is 4.79 Å². The maximum Gasteiger partial charge on any atom is 0.335 e. The lowest BCUT2D eigenvalue weighted by Crippen LogP contribution is -1.95. The van der Waals surface area contributed by atoms with Crippen molar-refractivity contribution in [2.75, 3.05) is 6.61 Å². The minimum Gasteiger partial charge on any atom is -0.493 e. The summed E-state index contributed by atoms with van der Waals surface area (Å²) >= 11 is 0. The number of carboxylic acid groups (broad SMARTS) is 1. The van der Waals surface area contributed by atoms with E-state index in [0.717, 1.165) is 29.9 Å². The van der Waals surface area contributed by atoms with Crippen LogP contribution in [0.3, 0.4) is 0 Å². The van der Waals surface area contributed by atoms with Crippen LogP contribution in [0.2, 0.25) is 0 Å². The average molecular weight is 240 g/mol. The largest absolute Gasteiger partial charge is 0.493 e. The monoisotopic (exact) mass is 240 g/mol. The van der Waals surface area contributed by atoms with Crippen molar-refractivity contribution >= 4 is 5.97 Å². The van der Waals surface area contributed by atoms with Gasteiger partial charge in [-0.15, -0.1) is 0 Å². The number of ether oxygens (including phenoxy) is 1. The number of hydrogen-bond donors (Lipinski definition) is 1. The Bertz CT molecular complexity index is 617. The second-order valence-corrected chi connectivity index (χ2v) is 4.31. The Morgan fingerprint density at radius 3 is 2.78 bits per heavy atom. The minimum atomic E-state index is -0.902. The Hall–Kier alpha value is -2.29. The van der Waals surface area contributed by atoms with Crippen LogP contribution in [-0.4, -0.2) is 17.7 Å². The van der Waals surface area contributed by atoms with E-state index in [1.807, 2.05) is 18.2 Å². The fraction of sp³-hybridized carbons (Fsp3) is 0.133. The number of carboxylic acids is 1. The first-order valence-corrected chi connectivity index (χ1v) is 5.83. The van der Waals surface area contributed by atoms with Crippen LogP contribution in [0.4, 0.5) is 0 Å². The summed E-state index contributed by atoms with van der Waals surface area (Å²) in [4.78, 5) is 11.0. The average Bonchev–Trinajstić information content (AvgIpc) is 2.86. The summed E-state index contributed by atoms with van der Waals surface area (Å²) in [6.07, 6.45) is 0.918. The number of carbonyl (C=O) groups is 1. The van der Waals surface area contributed by atoms with Gasteiger partial charge in [0.15, 0.2) is 0 Å². The molecule has 0 saturated heterocycles. The van der Waals surface area contributed by atoms with Crippen molar-refractivity contribution in [3.8, 4) is 16.9 Å². The molecule has 0 amide bonds. The highest BCUT2D eigenvalue weighted by Crippen LogP contribution is 2.30. The molecular weight excluding hydrogens is 228 g/mol. The molecule has 18 heavy (non-hydrogen) atoms. The Balaban J connectivity index is 2.04. The quantitative estimate of drug-likeness (QED) is 0.877. The highest BCUT2D eigenvalue weighted by molar-refractivity contribution is 5.89. The van der Waals surface area contributed by atoms with Crippen LogP contribution in [0.15, 0.2) is 42.5 Å². The normalized spacial score (nSPS) is 12.9. The molecule has 0 fully saturated rings. The molecule has 0 unspecified atom stereocenters. The molecule has 3 nitrogen and oxygen atoms in total. The predicted octanol–water partition coefficient (Wildman–Crippen LogP) is 2.99. The molecule has 2 aromatic carbocycles. The van der Waals surface area contributed by atoms with Crippen LogP contribution in [0, 0.1) is 0 Å². The molecule has 0 saturated carbocycles. The molecule has 3 rings (SSSR count). The number of hydrogen-bond acceptors (Lipinski definition) is 2. The summed E-state index contributed by atoms with van der Waals surface area (Å²) in [6, 6.07) is 13.0. The molecule has 2 aromatic rings. The van der Waals surface area contributed by atoms with Crippen molar-refractivity contribution in [2.45, 2.75) is 6.42 Å². The third-order valence-electron chi connectivity index (χ3n) is 3.13. The molecule has 0 spiro atoms. The lowest BCUT2D eigenvalue weighted by molar-refractivity contribution is 0.0697. The van der Waals surface area contributed by atoms with Crippen molar-refractivity contribution < 1.29 is 14.6 Å². The third-order valence-corrected chi connectivity index (χ3v) is 3.13. The van der Waals surface area contributed by atoms with Gasteiger partial charge in [0.2, 0.25) is 0 Å². The van der Waals surface area contributed by atoms with Crippen molar-refractivity contribution in [3.05, 3.63) is 53.6 Å². The fourth-order valence-corrected chi connectivity index (χ4v) is 2.20. The van der Waals surface area contributed by atoms with Crippen molar-refractivity contribution in [2.24, 2.45) is 0 Å². The highest BCUT2D eigenvalue weighted by Gasteiger charge is 2.13. The van der Waals surface area contributed by atoms with E-state index >= 15 is 0 Å². The first-order chi connectivity index (χ1) is 8.74. The van der Waals surface area contributed by atoms with Crippen LogP contribution >= 0.6 is 0 Å². The molecule has 0 aromatic heterocycles. The first kappa shape index (κ1) is 10.8. The molecule has 1 aliphatic heterocycles. The predicted molar refractivity (Wildman–Crippen MR) is 68.0 cm³/mol. The second kappa shape index (κ2) is 4.18. The Morgan fingerprint density at radius 2 is 1.94 bits per heavy atom. The van der Waals surface area contributed by atoms with Crippen LogP contribution in [0.5, 0.6) is 5.75 Å². The van der Waals surface area contributed by atoms with Gasteiger partial charge in [-0.05, 0) is 41.0 Å². The van der Waals surface area contributed by atoms with Crippen LogP contribution in [0.1, 0.15) is 15.9 Å². The maximum atomic E-state index is 11.0. The summed E-state index contributed by atoms with van der Waals surface area (Å²) in [6.45, 7) is 0.730. The topological polar surface area (TPSA) is 46.5 Å². The lowest BCUT2D eigenvalue weighted by Gasteiger charge is -2.05. The minimum absolute atomic E-state index is 0.309. The van der Waals surface area contributed by atoms with Crippen LogP contribution in [-0.2, 0) is 6.42 Å². The van der Waals surface area contributed by atoms with Crippen molar-refractivity contribution in [1.82, 2.24) is 0 Å². The molecular formula is C15H12O3. The van der Waals surface area contributed by atoms with Gasteiger partial charge < -0.3 is 9.84 Å². The number of aromatic carboxylic acids is 1. The SMILES string of the molecule is O=C(O)c1cccc(-c2ccc3c(c2)CCO3)c1. The Morgan fingerprint density at radius 1 is 1.11 bits per heavy atom. The summed E-state index contributed by atoms with van der Waals surface area (Å²) in [7, 11) is 0.